The van der Waals surface area contributed by atoms with Crippen LogP contribution < -0.4 is 5.73 Å². The molecule has 2 nitrogen and oxygen atoms in total. The Morgan fingerprint density at radius 1 is 1.05 bits per heavy atom. The topological polar surface area (TPSA) is 49.8 Å². The van der Waals surface area contributed by atoms with Gasteiger partial charge in [0.1, 0.15) is 0 Å². The van der Waals surface area contributed by atoms with E-state index in [1.165, 1.54) is 0 Å². The molecule has 0 saturated carbocycles. The van der Waals surface area contributed by atoms with Gasteiger partial charge in [-0.2, -0.15) is 5.26 Å². The van der Waals surface area contributed by atoms with Gasteiger partial charge in [-0.25, -0.2) is 0 Å². The van der Waals surface area contributed by atoms with Crippen molar-refractivity contribution in [1.29, 1.82) is 5.26 Å². The van der Waals surface area contributed by atoms with Crippen LogP contribution in [0.25, 0.3) is 0 Å². The number of rotatable bonds is 2. The third-order valence-electron chi connectivity index (χ3n) is 3.10. The lowest BCUT2D eigenvalue weighted by atomic mass is 9.91. The summed E-state index contributed by atoms with van der Waals surface area (Å²) in [5, 5.41) is 10.9. The smallest absolute Gasteiger partial charge is 0.0991 e. The number of anilines is 1. The van der Waals surface area contributed by atoms with Gasteiger partial charge in [0, 0.05) is 20.8 Å². The number of nitrogen functional groups attached to an aromatic ring is 1. The zero-order valence-corrected chi connectivity index (χ0v) is 14.1. The van der Waals surface area contributed by atoms with Crippen molar-refractivity contribution in [2.45, 2.75) is 12.8 Å². The Bertz CT molecular complexity index is 708. The Morgan fingerprint density at radius 2 is 1.67 bits per heavy atom. The van der Waals surface area contributed by atoms with E-state index in [-0.39, 0.29) is 12.4 Å². The van der Waals surface area contributed by atoms with Gasteiger partial charge in [-0.1, -0.05) is 46.9 Å². The normalized spacial score (nSPS) is 11.4. The average Bonchev–Trinajstić information content (AvgIpc) is 2.38. The van der Waals surface area contributed by atoms with Crippen molar-refractivity contribution < 1.29 is 0 Å². The van der Waals surface area contributed by atoms with Gasteiger partial charge in [0.15, 0.2) is 0 Å². The lowest BCUT2D eigenvalue weighted by Gasteiger charge is -2.15. The highest BCUT2D eigenvalue weighted by molar-refractivity contribution is 6.35. The van der Waals surface area contributed by atoms with Crippen LogP contribution in [0.15, 0.2) is 30.3 Å². The summed E-state index contributed by atoms with van der Waals surface area (Å²) in [7, 11) is 0. The van der Waals surface area contributed by atoms with Gasteiger partial charge in [0.25, 0.3) is 0 Å². The lowest BCUT2D eigenvalue weighted by molar-refractivity contribution is 1.03. The highest BCUT2D eigenvalue weighted by Gasteiger charge is 2.20. The standard InChI is InChI=1S/C15H11Cl3N2.ClH/c1-8-4-11(14(18)6-15(8)20)12(7-19)10-3-2-9(16)5-13(10)17;/h2-6,12H,20H2,1H3;1H. The van der Waals surface area contributed by atoms with Crippen molar-refractivity contribution in [2.75, 3.05) is 5.73 Å². The number of benzene rings is 2. The van der Waals surface area contributed by atoms with Crippen LogP contribution in [0.3, 0.4) is 0 Å². The van der Waals surface area contributed by atoms with Crippen LogP contribution in [0.4, 0.5) is 5.69 Å². The molecule has 110 valence electrons. The van der Waals surface area contributed by atoms with Crippen molar-refractivity contribution >= 4 is 52.9 Å². The fourth-order valence-corrected chi connectivity index (χ4v) is 2.78. The summed E-state index contributed by atoms with van der Waals surface area (Å²) in [6.45, 7) is 1.87. The molecule has 1 unspecified atom stereocenters. The van der Waals surface area contributed by atoms with Gasteiger partial charge < -0.3 is 5.73 Å². The third kappa shape index (κ3) is 3.75. The Hall–Kier alpha value is -1.11. The molecule has 0 amide bonds. The van der Waals surface area contributed by atoms with E-state index in [0.717, 1.165) is 5.56 Å². The minimum atomic E-state index is -0.563. The first kappa shape index (κ1) is 17.9. The molecule has 6 heteroatoms. The van der Waals surface area contributed by atoms with Crippen molar-refractivity contribution in [1.82, 2.24) is 0 Å². The first-order chi connectivity index (χ1) is 9.43. The zero-order chi connectivity index (χ0) is 14.9. The minimum absolute atomic E-state index is 0. The molecule has 0 aliphatic heterocycles. The van der Waals surface area contributed by atoms with Gasteiger partial charge in [-0.15, -0.1) is 12.4 Å². The fraction of sp³-hybridized carbons (Fsp3) is 0.133. The van der Waals surface area contributed by atoms with Gasteiger partial charge in [0.05, 0.1) is 12.0 Å². The number of nitrogens with two attached hydrogens (primary N) is 1. The molecular weight excluding hydrogens is 350 g/mol. The van der Waals surface area contributed by atoms with E-state index in [1.807, 2.05) is 13.0 Å². The fourth-order valence-electron chi connectivity index (χ4n) is 1.98. The molecule has 0 aromatic heterocycles. The molecule has 0 fully saturated rings. The van der Waals surface area contributed by atoms with Crippen LogP contribution in [0.1, 0.15) is 22.6 Å². The molecular formula is C15H12Cl4N2. The van der Waals surface area contributed by atoms with Crippen LogP contribution in [-0.2, 0) is 0 Å². The largest absolute Gasteiger partial charge is 0.398 e. The molecule has 2 aromatic carbocycles. The first-order valence-electron chi connectivity index (χ1n) is 5.84. The molecule has 21 heavy (non-hydrogen) atoms. The summed E-state index contributed by atoms with van der Waals surface area (Å²) in [4.78, 5) is 0. The van der Waals surface area contributed by atoms with Crippen molar-refractivity contribution in [3.63, 3.8) is 0 Å². The first-order valence-corrected chi connectivity index (χ1v) is 6.97. The second kappa shape index (κ2) is 7.24. The predicted octanol–water partition coefficient (Wildman–Crippen LogP) is 5.61. The number of hydrogen-bond acceptors (Lipinski definition) is 2. The summed E-state index contributed by atoms with van der Waals surface area (Å²) in [5.41, 5.74) is 8.63. The maximum Gasteiger partial charge on any atom is 0.0991 e. The van der Waals surface area contributed by atoms with Crippen molar-refractivity contribution in [2.24, 2.45) is 0 Å². The number of aryl methyl sites for hydroxylation is 1. The molecule has 2 N–H and O–H groups in total. The Balaban J connectivity index is 0.00000220. The van der Waals surface area contributed by atoms with E-state index >= 15 is 0 Å². The van der Waals surface area contributed by atoms with Gasteiger partial charge in [-0.3, -0.25) is 0 Å². The molecule has 0 bridgehead atoms. The molecule has 0 radical (unpaired) electrons. The molecule has 2 aromatic rings. The highest BCUT2D eigenvalue weighted by Crippen LogP contribution is 2.36. The molecule has 0 saturated heterocycles. The van der Waals surface area contributed by atoms with Crippen LogP contribution >= 0.6 is 47.2 Å². The minimum Gasteiger partial charge on any atom is -0.398 e. The second-order valence-corrected chi connectivity index (χ2v) is 5.71. The highest BCUT2D eigenvalue weighted by atomic mass is 35.5. The van der Waals surface area contributed by atoms with Gasteiger partial charge >= 0.3 is 0 Å². The number of nitrogens with zero attached hydrogens (tertiary/aromatic N) is 1. The Kier molecular flexibility index (Phi) is 6.19. The summed E-state index contributed by atoms with van der Waals surface area (Å²) in [6, 6.07) is 10.7. The van der Waals surface area contributed by atoms with Crippen molar-refractivity contribution in [3.8, 4) is 6.07 Å². The van der Waals surface area contributed by atoms with E-state index in [4.69, 9.17) is 40.5 Å². The predicted molar refractivity (Wildman–Crippen MR) is 91.8 cm³/mol. The second-order valence-electron chi connectivity index (χ2n) is 4.46. The van der Waals surface area contributed by atoms with Crippen LogP contribution in [-0.4, -0.2) is 0 Å². The quantitative estimate of drug-likeness (QED) is 0.706. The maximum absolute atomic E-state index is 9.48. The van der Waals surface area contributed by atoms with Crippen LogP contribution in [0.5, 0.6) is 0 Å². The molecule has 0 aliphatic carbocycles. The number of nitriles is 1. The van der Waals surface area contributed by atoms with Crippen molar-refractivity contribution in [3.05, 3.63) is 62.1 Å². The molecule has 2 rings (SSSR count). The molecule has 0 spiro atoms. The molecule has 0 aliphatic rings. The summed E-state index contributed by atoms with van der Waals surface area (Å²) >= 11 is 18.3. The summed E-state index contributed by atoms with van der Waals surface area (Å²) in [6.07, 6.45) is 0. The summed E-state index contributed by atoms with van der Waals surface area (Å²) < 4.78 is 0. The van der Waals surface area contributed by atoms with E-state index in [1.54, 1.807) is 24.3 Å². The van der Waals surface area contributed by atoms with E-state index in [9.17, 15) is 5.26 Å². The molecule has 0 heterocycles. The van der Waals surface area contributed by atoms with Crippen LogP contribution in [0.2, 0.25) is 15.1 Å². The van der Waals surface area contributed by atoms with Gasteiger partial charge in [0.2, 0.25) is 0 Å². The maximum atomic E-state index is 9.48. The zero-order valence-electron chi connectivity index (χ0n) is 11.0. The van der Waals surface area contributed by atoms with Crippen LogP contribution in [0, 0.1) is 18.3 Å². The summed E-state index contributed by atoms with van der Waals surface area (Å²) in [5.74, 6) is -0.563. The van der Waals surface area contributed by atoms with E-state index in [0.29, 0.717) is 31.9 Å². The SMILES string of the molecule is Cc1cc(C(C#N)c2ccc(Cl)cc2Cl)c(Cl)cc1N.Cl. The average molecular weight is 362 g/mol. The monoisotopic (exact) mass is 360 g/mol. The lowest BCUT2D eigenvalue weighted by Crippen LogP contribution is -2.02. The Morgan fingerprint density at radius 3 is 2.24 bits per heavy atom. The van der Waals surface area contributed by atoms with E-state index < -0.39 is 5.92 Å². The third-order valence-corrected chi connectivity index (χ3v) is 3.99. The Labute approximate surface area is 144 Å². The number of halogens is 4. The van der Waals surface area contributed by atoms with Gasteiger partial charge in [-0.05, 0) is 41.8 Å². The molecule has 1 atom stereocenters. The van der Waals surface area contributed by atoms with E-state index in [2.05, 4.69) is 6.07 Å². The number of hydrogen-bond donors (Lipinski definition) is 1.